The average Bonchev–Trinajstić information content (AvgIpc) is 2.94. The summed E-state index contributed by atoms with van der Waals surface area (Å²) in [5, 5.41) is 5.84. The SMILES string of the molecule is CC1(CNc2snc3ccccc23)CCCO1. The second-order valence-electron chi connectivity index (χ2n) is 4.78. The van der Waals surface area contributed by atoms with E-state index in [0.717, 1.165) is 30.1 Å². The van der Waals surface area contributed by atoms with Crippen LogP contribution in [0, 0.1) is 0 Å². The molecule has 0 bridgehead atoms. The highest BCUT2D eigenvalue weighted by molar-refractivity contribution is 7.11. The summed E-state index contributed by atoms with van der Waals surface area (Å²) in [6, 6.07) is 8.23. The summed E-state index contributed by atoms with van der Waals surface area (Å²) in [5.74, 6) is 0. The normalized spacial score (nSPS) is 24.3. The molecule has 2 heterocycles. The van der Waals surface area contributed by atoms with E-state index >= 15 is 0 Å². The highest BCUT2D eigenvalue weighted by Gasteiger charge is 2.29. The number of anilines is 1. The molecule has 1 N–H and O–H groups in total. The van der Waals surface area contributed by atoms with Crippen LogP contribution >= 0.6 is 11.5 Å². The first-order chi connectivity index (χ1) is 8.27. The summed E-state index contributed by atoms with van der Waals surface area (Å²) >= 11 is 1.53. The van der Waals surface area contributed by atoms with Crippen molar-refractivity contribution in [2.45, 2.75) is 25.4 Å². The molecule has 4 heteroatoms. The maximum atomic E-state index is 5.77. The van der Waals surface area contributed by atoms with Crippen LogP contribution < -0.4 is 5.32 Å². The Morgan fingerprint density at radius 3 is 3.18 bits per heavy atom. The number of benzene rings is 1. The minimum atomic E-state index is -0.00884. The van der Waals surface area contributed by atoms with Crippen molar-refractivity contribution in [3.05, 3.63) is 24.3 Å². The molecule has 17 heavy (non-hydrogen) atoms. The van der Waals surface area contributed by atoms with E-state index in [-0.39, 0.29) is 5.60 Å². The number of hydrogen-bond donors (Lipinski definition) is 1. The molecule has 1 saturated heterocycles. The second-order valence-corrected chi connectivity index (χ2v) is 5.56. The van der Waals surface area contributed by atoms with Gasteiger partial charge in [-0.2, -0.15) is 4.37 Å². The van der Waals surface area contributed by atoms with Gasteiger partial charge in [0.15, 0.2) is 0 Å². The predicted molar refractivity (Wildman–Crippen MR) is 71.7 cm³/mol. The number of aromatic nitrogens is 1. The van der Waals surface area contributed by atoms with Crippen LogP contribution in [-0.4, -0.2) is 23.1 Å². The van der Waals surface area contributed by atoms with E-state index in [1.54, 1.807) is 0 Å². The number of nitrogens with one attached hydrogen (secondary N) is 1. The van der Waals surface area contributed by atoms with Gasteiger partial charge in [-0.15, -0.1) is 0 Å². The highest BCUT2D eigenvalue weighted by Crippen LogP contribution is 2.30. The molecule has 1 aromatic heterocycles. The lowest BCUT2D eigenvalue weighted by molar-refractivity contribution is 0.0316. The van der Waals surface area contributed by atoms with Crippen molar-refractivity contribution in [3.8, 4) is 0 Å². The van der Waals surface area contributed by atoms with Gasteiger partial charge in [0.05, 0.1) is 11.1 Å². The van der Waals surface area contributed by atoms with Gasteiger partial charge < -0.3 is 10.1 Å². The molecule has 1 aromatic carbocycles. The molecular formula is C13H16N2OS. The van der Waals surface area contributed by atoms with E-state index in [2.05, 4.69) is 28.7 Å². The summed E-state index contributed by atoms with van der Waals surface area (Å²) in [4.78, 5) is 0. The van der Waals surface area contributed by atoms with Crippen LogP contribution in [0.5, 0.6) is 0 Å². The molecule has 90 valence electrons. The number of fused-ring (bicyclic) bond motifs is 1. The first-order valence-corrected chi connectivity index (χ1v) is 6.76. The molecule has 3 rings (SSSR count). The fraction of sp³-hybridized carbons (Fsp3) is 0.462. The van der Waals surface area contributed by atoms with Crippen molar-refractivity contribution in [2.75, 3.05) is 18.5 Å². The largest absolute Gasteiger partial charge is 0.373 e. The Morgan fingerprint density at radius 1 is 1.47 bits per heavy atom. The van der Waals surface area contributed by atoms with Crippen molar-refractivity contribution < 1.29 is 4.74 Å². The third-order valence-corrected chi connectivity index (χ3v) is 4.14. The van der Waals surface area contributed by atoms with Crippen LogP contribution in [0.1, 0.15) is 19.8 Å². The van der Waals surface area contributed by atoms with E-state index in [4.69, 9.17) is 4.74 Å². The molecule has 1 aliphatic heterocycles. The van der Waals surface area contributed by atoms with Crippen molar-refractivity contribution in [1.29, 1.82) is 0 Å². The lowest BCUT2D eigenvalue weighted by atomic mass is 10.0. The standard InChI is InChI=1S/C13H16N2OS/c1-13(7-4-8-16-13)9-14-12-10-5-2-3-6-11(10)15-17-12/h2-3,5-6,14H,4,7-9H2,1H3. The molecule has 1 fully saturated rings. The lowest BCUT2D eigenvalue weighted by Crippen LogP contribution is -2.32. The van der Waals surface area contributed by atoms with Crippen LogP contribution in [-0.2, 0) is 4.74 Å². The van der Waals surface area contributed by atoms with Gasteiger partial charge in [-0.1, -0.05) is 12.1 Å². The predicted octanol–water partition coefficient (Wildman–Crippen LogP) is 3.28. The van der Waals surface area contributed by atoms with Crippen LogP contribution in [0.4, 0.5) is 5.00 Å². The zero-order valence-corrected chi connectivity index (χ0v) is 10.7. The summed E-state index contributed by atoms with van der Waals surface area (Å²) < 4.78 is 10.2. The Labute approximate surface area is 105 Å². The van der Waals surface area contributed by atoms with Gasteiger partial charge in [0.2, 0.25) is 0 Å². The van der Waals surface area contributed by atoms with E-state index in [9.17, 15) is 0 Å². The molecule has 1 aliphatic rings. The third-order valence-electron chi connectivity index (χ3n) is 3.31. The van der Waals surface area contributed by atoms with Crippen LogP contribution in [0.25, 0.3) is 10.9 Å². The first-order valence-electron chi connectivity index (χ1n) is 5.99. The van der Waals surface area contributed by atoms with Crippen LogP contribution in [0.15, 0.2) is 24.3 Å². The van der Waals surface area contributed by atoms with Crippen molar-refractivity contribution in [3.63, 3.8) is 0 Å². The summed E-state index contributed by atoms with van der Waals surface area (Å²) in [6.07, 6.45) is 2.30. The number of ether oxygens (including phenoxy) is 1. The number of rotatable bonds is 3. The zero-order valence-electron chi connectivity index (χ0n) is 9.90. The van der Waals surface area contributed by atoms with Gasteiger partial charge in [-0.3, -0.25) is 0 Å². The van der Waals surface area contributed by atoms with Crippen LogP contribution in [0.2, 0.25) is 0 Å². The molecule has 0 spiro atoms. The molecule has 2 aromatic rings. The van der Waals surface area contributed by atoms with Crippen molar-refractivity contribution >= 4 is 27.4 Å². The first kappa shape index (κ1) is 11.0. The minimum Gasteiger partial charge on any atom is -0.373 e. The molecule has 0 aliphatic carbocycles. The van der Waals surface area contributed by atoms with Gasteiger partial charge >= 0.3 is 0 Å². The molecule has 3 nitrogen and oxygen atoms in total. The van der Waals surface area contributed by atoms with E-state index in [1.165, 1.54) is 23.3 Å². The van der Waals surface area contributed by atoms with Gasteiger partial charge in [-0.25, -0.2) is 0 Å². The lowest BCUT2D eigenvalue weighted by Gasteiger charge is -2.23. The van der Waals surface area contributed by atoms with Gasteiger partial charge in [0, 0.05) is 18.5 Å². The van der Waals surface area contributed by atoms with Crippen molar-refractivity contribution in [2.24, 2.45) is 0 Å². The molecule has 0 radical (unpaired) electrons. The summed E-state index contributed by atoms with van der Waals surface area (Å²) in [6.45, 7) is 3.93. The number of nitrogens with zero attached hydrogens (tertiary/aromatic N) is 1. The maximum absolute atomic E-state index is 5.77. The van der Waals surface area contributed by atoms with E-state index in [0.29, 0.717) is 0 Å². The summed E-state index contributed by atoms with van der Waals surface area (Å²) in [5.41, 5.74) is 1.06. The smallest absolute Gasteiger partial charge is 0.117 e. The zero-order chi connectivity index (χ0) is 11.7. The minimum absolute atomic E-state index is 0.00884. The fourth-order valence-corrected chi connectivity index (χ4v) is 3.02. The van der Waals surface area contributed by atoms with Gasteiger partial charge in [0.1, 0.15) is 5.00 Å². The van der Waals surface area contributed by atoms with E-state index in [1.807, 2.05) is 12.1 Å². The summed E-state index contributed by atoms with van der Waals surface area (Å²) in [7, 11) is 0. The van der Waals surface area contributed by atoms with E-state index < -0.39 is 0 Å². The quantitative estimate of drug-likeness (QED) is 0.905. The second kappa shape index (κ2) is 4.27. The molecular weight excluding hydrogens is 232 g/mol. The Kier molecular flexibility index (Phi) is 2.76. The fourth-order valence-electron chi connectivity index (χ4n) is 2.26. The Bertz CT molecular complexity index is 517. The highest BCUT2D eigenvalue weighted by atomic mass is 32.1. The van der Waals surface area contributed by atoms with Gasteiger partial charge in [-0.05, 0) is 43.4 Å². The Morgan fingerprint density at radius 2 is 2.35 bits per heavy atom. The Balaban J connectivity index is 1.76. The topological polar surface area (TPSA) is 34.2 Å². The molecule has 0 saturated carbocycles. The maximum Gasteiger partial charge on any atom is 0.117 e. The molecule has 1 unspecified atom stereocenters. The average molecular weight is 248 g/mol. The van der Waals surface area contributed by atoms with Gasteiger partial charge in [0.25, 0.3) is 0 Å². The molecule has 1 atom stereocenters. The molecule has 0 amide bonds. The van der Waals surface area contributed by atoms with Crippen LogP contribution in [0.3, 0.4) is 0 Å². The van der Waals surface area contributed by atoms with Crippen molar-refractivity contribution in [1.82, 2.24) is 4.37 Å². The third kappa shape index (κ3) is 2.15. The number of hydrogen-bond acceptors (Lipinski definition) is 4. The Hall–Kier alpha value is -1.13. The monoisotopic (exact) mass is 248 g/mol.